The normalized spacial score (nSPS) is 13.8. The third-order valence-electron chi connectivity index (χ3n) is 5.15. The first-order valence-corrected chi connectivity index (χ1v) is 9.61. The fourth-order valence-corrected chi connectivity index (χ4v) is 3.60. The third-order valence-corrected chi connectivity index (χ3v) is 5.15. The first kappa shape index (κ1) is 19.1. The lowest BCUT2D eigenvalue weighted by atomic mass is 9.88. The molecule has 1 aliphatic rings. The first-order chi connectivity index (χ1) is 13.2. The Morgan fingerprint density at radius 3 is 2.59 bits per heavy atom. The molecule has 0 saturated carbocycles. The number of aryl methyl sites for hydroxylation is 1. The molecule has 0 unspecified atom stereocenters. The van der Waals surface area contributed by atoms with Crippen molar-refractivity contribution in [2.45, 2.75) is 38.6 Å². The molecule has 5 heteroatoms. The molecule has 0 aromatic heterocycles. The molecule has 2 aromatic carbocycles. The SMILES string of the molecule is CN=C(NCCc1ccc(OC)cc1)NCc1c(O)ccc2c1CCCC2. The van der Waals surface area contributed by atoms with Crippen molar-refractivity contribution in [3.63, 3.8) is 0 Å². The lowest BCUT2D eigenvalue weighted by Crippen LogP contribution is -2.38. The maximum Gasteiger partial charge on any atom is 0.191 e. The summed E-state index contributed by atoms with van der Waals surface area (Å²) in [4.78, 5) is 4.30. The minimum atomic E-state index is 0.372. The number of methoxy groups -OCH3 is 1. The van der Waals surface area contributed by atoms with Crippen molar-refractivity contribution in [2.75, 3.05) is 20.7 Å². The van der Waals surface area contributed by atoms with E-state index in [1.807, 2.05) is 18.2 Å². The number of rotatable bonds is 6. The Bertz CT molecular complexity index is 785. The molecule has 0 heterocycles. The Balaban J connectivity index is 1.53. The molecule has 3 N–H and O–H groups in total. The summed E-state index contributed by atoms with van der Waals surface area (Å²) in [6.07, 6.45) is 5.48. The minimum Gasteiger partial charge on any atom is -0.508 e. The molecule has 27 heavy (non-hydrogen) atoms. The Labute approximate surface area is 161 Å². The summed E-state index contributed by atoms with van der Waals surface area (Å²) in [7, 11) is 3.44. The Morgan fingerprint density at radius 2 is 1.85 bits per heavy atom. The van der Waals surface area contributed by atoms with Gasteiger partial charge < -0.3 is 20.5 Å². The quantitative estimate of drug-likeness (QED) is 0.542. The average molecular weight is 367 g/mol. The highest BCUT2D eigenvalue weighted by atomic mass is 16.5. The molecule has 0 radical (unpaired) electrons. The van der Waals surface area contributed by atoms with Gasteiger partial charge in [-0.25, -0.2) is 0 Å². The van der Waals surface area contributed by atoms with Crippen LogP contribution in [0.1, 0.15) is 35.1 Å². The van der Waals surface area contributed by atoms with Crippen LogP contribution in [0.4, 0.5) is 0 Å². The average Bonchev–Trinajstić information content (AvgIpc) is 2.72. The number of hydrogen-bond acceptors (Lipinski definition) is 3. The first-order valence-electron chi connectivity index (χ1n) is 9.61. The number of guanidine groups is 1. The lowest BCUT2D eigenvalue weighted by molar-refractivity contribution is 0.414. The zero-order valence-electron chi connectivity index (χ0n) is 16.2. The Kier molecular flexibility index (Phi) is 6.58. The number of phenolic OH excluding ortho intramolecular Hbond substituents is 1. The molecule has 2 aromatic rings. The summed E-state index contributed by atoms with van der Waals surface area (Å²) in [5.41, 5.74) is 4.93. The van der Waals surface area contributed by atoms with Crippen molar-refractivity contribution in [2.24, 2.45) is 4.99 Å². The van der Waals surface area contributed by atoms with Gasteiger partial charge in [-0.2, -0.15) is 0 Å². The number of nitrogens with zero attached hydrogens (tertiary/aromatic N) is 1. The highest BCUT2D eigenvalue weighted by Gasteiger charge is 2.16. The van der Waals surface area contributed by atoms with Gasteiger partial charge in [0.1, 0.15) is 11.5 Å². The van der Waals surface area contributed by atoms with Crippen LogP contribution < -0.4 is 15.4 Å². The molecule has 0 atom stereocenters. The van der Waals surface area contributed by atoms with Crippen LogP contribution in [0, 0.1) is 0 Å². The predicted octanol–water partition coefficient (Wildman–Crippen LogP) is 3.19. The van der Waals surface area contributed by atoms with Crippen LogP contribution in [0.3, 0.4) is 0 Å². The van der Waals surface area contributed by atoms with Crippen molar-refractivity contribution < 1.29 is 9.84 Å². The molecule has 0 aliphatic heterocycles. The van der Waals surface area contributed by atoms with E-state index in [1.54, 1.807) is 14.2 Å². The molecule has 0 bridgehead atoms. The number of phenols is 1. The summed E-state index contributed by atoms with van der Waals surface area (Å²) in [6.45, 7) is 1.36. The highest BCUT2D eigenvalue weighted by Crippen LogP contribution is 2.30. The van der Waals surface area contributed by atoms with Gasteiger partial charge in [0, 0.05) is 25.7 Å². The van der Waals surface area contributed by atoms with Crippen LogP contribution in [-0.2, 0) is 25.8 Å². The van der Waals surface area contributed by atoms with Crippen LogP contribution in [-0.4, -0.2) is 31.8 Å². The van der Waals surface area contributed by atoms with Crippen LogP contribution in [0.25, 0.3) is 0 Å². The van der Waals surface area contributed by atoms with Gasteiger partial charge in [-0.1, -0.05) is 18.2 Å². The largest absolute Gasteiger partial charge is 0.508 e. The fraction of sp³-hybridized carbons (Fsp3) is 0.409. The molecule has 1 aliphatic carbocycles. The van der Waals surface area contributed by atoms with Gasteiger partial charge in [0.25, 0.3) is 0 Å². The summed E-state index contributed by atoms with van der Waals surface area (Å²) in [6, 6.07) is 12.0. The smallest absolute Gasteiger partial charge is 0.191 e. The van der Waals surface area contributed by atoms with Crippen LogP contribution in [0.15, 0.2) is 41.4 Å². The van der Waals surface area contributed by atoms with Gasteiger partial charge in [-0.15, -0.1) is 0 Å². The standard InChI is InChI=1S/C22H29N3O2/c1-23-22(24-14-13-16-7-10-18(27-2)11-8-16)25-15-20-19-6-4-3-5-17(19)9-12-21(20)26/h7-12,26H,3-6,13-15H2,1-2H3,(H2,23,24,25). The second-order valence-electron chi connectivity index (χ2n) is 6.86. The van der Waals surface area contributed by atoms with E-state index in [0.29, 0.717) is 12.3 Å². The van der Waals surface area contributed by atoms with Gasteiger partial charge in [0.15, 0.2) is 5.96 Å². The van der Waals surface area contributed by atoms with Gasteiger partial charge in [0.05, 0.1) is 7.11 Å². The molecular weight excluding hydrogens is 338 g/mol. The van der Waals surface area contributed by atoms with E-state index >= 15 is 0 Å². The molecule has 0 amide bonds. The van der Waals surface area contributed by atoms with Gasteiger partial charge in [-0.3, -0.25) is 4.99 Å². The Morgan fingerprint density at radius 1 is 1.07 bits per heavy atom. The lowest BCUT2D eigenvalue weighted by Gasteiger charge is -2.21. The minimum absolute atomic E-state index is 0.372. The van der Waals surface area contributed by atoms with Gasteiger partial charge in [-0.05, 0) is 67.0 Å². The van der Waals surface area contributed by atoms with Crippen molar-refractivity contribution in [3.8, 4) is 11.5 Å². The Hall–Kier alpha value is -2.69. The number of nitrogens with one attached hydrogen (secondary N) is 2. The fourth-order valence-electron chi connectivity index (χ4n) is 3.60. The van der Waals surface area contributed by atoms with E-state index in [1.165, 1.54) is 29.5 Å². The molecule has 0 spiro atoms. The summed E-state index contributed by atoms with van der Waals surface area (Å²) >= 11 is 0. The molecule has 0 saturated heterocycles. The van der Waals surface area contributed by atoms with Crippen LogP contribution in [0.5, 0.6) is 11.5 Å². The monoisotopic (exact) mass is 367 g/mol. The number of aromatic hydroxyl groups is 1. The van der Waals surface area contributed by atoms with Crippen LogP contribution >= 0.6 is 0 Å². The van der Waals surface area contributed by atoms with Crippen molar-refractivity contribution in [3.05, 3.63) is 58.7 Å². The van der Waals surface area contributed by atoms with Crippen molar-refractivity contribution >= 4 is 5.96 Å². The molecule has 0 fully saturated rings. The predicted molar refractivity (Wildman–Crippen MR) is 110 cm³/mol. The van der Waals surface area contributed by atoms with Crippen LogP contribution in [0.2, 0.25) is 0 Å². The van der Waals surface area contributed by atoms with E-state index < -0.39 is 0 Å². The number of aliphatic imine (C=N–C) groups is 1. The zero-order chi connectivity index (χ0) is 19.1. The second kappa shape index (κ2) is 9.31. The number of hydrogen-bond donors (Lipinski definition) is 3. The summed E-state index contributed by atoms with van der Waals surface area (Å²) in [5, 5.41) is 17.0. The number of ether oxygens (including phenoxy) is 1. The van der Waals surface area contributed by atoms with E-state index in [0.717, 1.165) is 43.1 Å². The van der Waals surface area contributed by atoms with E-state index in [4.69, 9.17) is 4.74 Å². The molecule has 144 valence electrons. The van der Waals surface area contributed by atoms with E-state index in [-0.39, 0.29) is 0 Å². The zero-order valence-corrected chi connectivity index (χ0v) is 16.2. The maximum atomic E-state index is 10.3. The molecular formula is C22H29N3O2. The second-order valence-corrected chi connectivity index (χ2v) is 6.86. The number of benzene rings is 2. The van der Waals surface area contributed by atoms with E-state index in [2.05, 4.69) is 33.8 Å². The van der Waals surface area contributed by atoms with Gasteiger partial charge in [0.2, 0.25) is 0 Å². The van der Waals surface area contributed by atoms with E-state index in [9.17, 15) is 5.11 Å². The third kappa shape index (κ3) is 4.94. The molecule has 5 nitrogen and oxygen atoms in total. The summed E-state index contributed by atoms with van der Waals surface area (Å²) < 4.78 is 5.19. The maximum absolute atomic E-state index is 10.3. The highest BCUT2D eigenvalue weighted by molar-refractivity contribution is 5.79. The number of fused-ring (bicyclic) bond motifs is 1. The van der Waals surface area contributed by atoms with Crippen molar-refractivity contribution in [1.29, 1.82) is 0 Å². The topological polar surface area (TPSA) is 65.9 Å². The van der Waals surface area contributed by atoms with Gasteiger partial charge >= 0.3 is 0 Å². The van der Waals surface area contributed by atoms with Crippen molar-refractivity contribution in [1.82, 2.24) is 10.6 Å². The molecule has 3 rings (SSSR count). The summed E-state index contributed by atoms with van der Waals surface area (Å²) in [5.74, 6) is 1.99.